The molecule has 1 amide bonds. The van der Waals surface area contributed by atoms with Gasteiger partial charge in [0.1, 0.15) is 0 Å². The molecule has 1 aliphatic rings. The van der Waals surface area contributed by atoms with E-state index in [0.29, 0.717) is 4.75 Å². The second-order valence-corrected chi connectivity index (χ2v) is 5.39. The Hall–Kier alpha value is -0.180. The van der Waals surface area contributed by atoms with Gasteiger partial charge in [0.2, 0.25) is 5.91 Å². The summed E-state index contributed by atoms with van der Waals surface area (Å²) in [5, 5.41) is 3.02. The van der Waals surface area contributed by atoms with Crippen molar-refractivity contribution in [1.82, 2.24) is 5.32 Å². The summed E-state index contributed by atoms with van der Waals surface area (Å²) in [5.74, 6) is 0.291. The molecule has 0 unspecified atom stereocenters. The topological polar surface area (TPSA) is 29.1 Å². The van der Waals surface area contributed by atoms with Crippen molar-refractivity contribution in [2.24, 2.45) is 5.92 Å². The molecule has 0 aromatic heterocycles. The summed E-state index contributed by atoms with van der Waals surface area (Å²) in [6.07, 6.45) is 5.97. The Kier molecular flexibility index (Phi) is 3.65. The monoisotopic (exact) mass is 201 g/mol. The van der Waals surface area contributed by atoms with E-state index in [0.717, 1.165) is 6.54 Å². The highest BCUT2D eigenvalue weighted by Gasteiger charge is 2.36. The van der Waals surface area contributed by atoms with Gasteiger partial charge in [-0.25, -0.2) is 0 Å². The van der Waals surface area contributed by atoms with E-state index >= 15 is 0 Å². The second-order valence-electron chi connectivity index (χ2n) is 4.11. The minimum atomic E-state index is 0.110. The third-order valence-corrected chi connectivity index (χ3v) is 4.23. The Morgan fingerprint density at radius 2 is 2.15 bits per heavy atom. The Balaban J connectivity index is 2.28. The summed E-state index contributed by atoms with van der Waals surface area (Å²) in [5.41, 5.74) is 0. The van der Waals surface area contributed by atoms with Gasteiger partial charge >= 0.3 is 0 Å². The largest absolute Gasteiger partial charge is 0.354 e. The van der Waals surface area contributed by atoms with Crippen molar-refractivity contribution in [1.29, 1.82) is 0 Å². The lowest BCUT2D eigenvalue weighted by atomic mass is 9.84. The van der Waals surface area contributed by atoms with Crippen LogP contribution in [0.5, 0.6) is 0 Å². The molecule has 1 saturated carbocycles. The number of nitrogens with one attached hydrogen (secondary N) is 1. The summed E-state index contributed by atoms with van der Waals surface area (Å²) in [4.78, 5) is 11.3. The molecule has 2 nitrogen and oxygen atoms in total. The van der Waals surface area contributed by atoms with Crippen LogP contribution in [-0.2, 0) is 4.79 Å². The first-order chi connectivity index (χ1) is 6.09. The van der Waals surface area contributed by atoms with E-state index in [9.17, 15) is 4.79 Å². The number of carbonyl (C=O) groups excluding carboxylic acids is 1. The summed E-state index contributed by atoms with van der Waals surface area (Å²) in [7, 11) is 0. The van der Waals surface area contributed by atoms with E-state index in [-0.39, 0.29) is 11.8 Å². The van der Waals surface area contributed by atoms with Crippen molar-refractivity contribution in [2.45, 2.75) is 37.9 Å². The molecule has 1 rings (SSSR count). The zero-order valence-electron chi connectivity index (χ0n) is 8.72. The molecule has 0 atom stereocenters. The van der Waals surface area contributed by atoms with Crippen LogP contribution in [0.4, 0.5) is 0 Å². The second kappa shape index (κ2) is 4.36. The fourth-order valence-corrected chi connectivity index (χ4v) is 2.39. The standard InChI is InChI=1S/C10H19NOS/c1-8(2)9(12)11-7-10(13-3)5-4-6-10/h8H,4-7H2,1-3H3,(H,11,12). The molecule has 0 saturated heterocycles. The van der Waals surface area contributed by atoms with Gasteiger partial charge in [-0.1, -0.05) is 20.3 Å². The predicted octanol–water partition coefficient (Wildman–Crippen LogP) is 2.04. The van der Waals surface area contributed by atoms with Crippen LogP contribution in [0.2, 0.25) is 0 Å². The smallest absolute Gasteiger partial charge is 0.222 e. The molecule has 1 fully saturated rings. The zero-order valence-corrected chi connectivity index (χ0v) is 9.54. The quantitative estimate of drug-likeness (QED) is 0.754. The first-order valence-corrected chi connectivity index (χ1v) is 6.15. The number of amides is 1. The third-order valence-electron chi connectivity index (χ3n) is 2.81. The van der Waals surface area contributed by atoms with Gasteiger partial charge in [-0.3, -0.25) is 4.79 Å². The zero-order chi connectivity index (χ0) is 9.90. The van der Waals surface area contributed by atoms with Gasteiger partial charge in [-0.05, 0) is 19.1 Å². The molecular weight excluding hydrogens is 182 g/mol. The third kappa shape index (κ3) is 2.63. The van der Waals surface area contributed by atoms with Crippen molar-refractivity contribution in [2.75, 3.05) is 12.8 Å². The lowest BCUT2D eigenvalue weighted by Crippen LogP contribution is -2.46. The highest BCUT2D eigenvalue weighted by Crippen LogP contribution is 2.42. The fourth-order valence-electron chi connectivity index (χ4n) is 1.48. The fraction of sp³-hybridized carbons (Fsp3) is 0.900. The molecule has 0 radical (unpaired) electrons. The minimum absolute atomic E-state index is 0.110. The molecule has 0 aliphatic heterocycles. The van der Waals surface area contributed by atoms with Gasteiger partial charge in [0.15, 0.2) is 0 Å². The lowest BCUT2D eigenvalue weighted by molar-refractivity contribution is -0.124. The Bertz CT molecular complexity index is 182. The van der Waals surface area contributed by atoms with E-state index < -0.39 is 0 Å². The lowest BCUT2D eigenvalue weighted by Gasteiger charge is -2.40. The molecule has 3 heteroatoms. The minimum Gasteiger partial charge on any atom is -0.354 e. The molecular formula is C10H19NOS. The molecule has 0 heterocycles. The molecule has 0 spiro atoms. The van der Waals surface area contributed by atoms with Gasteiger partial charge in [0.25, 0.3) is 0 Å². The van der Waals surface area contributed by atoms with Crippen LogP contribution in [0.25, 0.3) is 0 Å². The van der Waals surface area contributed by atoms with Crippen LogP contribution in [0.3, 0.4) is 0 Å². The summed E-state index contributed by atoms with van der Waals surface area (Å²) < 4.78 is 0.366. The van der Waals surface area contributed by atoms with Gasteiger partial charge in [-0.2, -0.15) is 11.8 Å². The van der Waals surface area contributed by atoms with Crippen molar-refractivity contribution in [3.05, 3.63) is 0 Å². The maximum absolute atomic E-state index is 11.3. The SMILES string of the molecule is CSC1(CNC(=O)C(C)C)CCC1. The van der Waals surface area contributed by atoms with E-state index in [1.165, 1.54) is 19.3 Å². The molecule has 76 valence electrons. The Labute approximate surface area is 84.9 Å². The van der Waals surface area contributed by atoms with Crippen LogP contribution in [-0.4, -0.2) is 23.5 Å². The molecule has 1 N–H and O–H groups in total. The van der Waals surface area contributed by atoms with E-state index in [2.05, 4.69) is 11.6 Å². The van der Waals surface area contributed by atoms with Gasteiger partial charge < -0.3 is 5.32 Å². The van der Waals surface area contributed by atoms with Crippen LogP contribution in [0.15, 0.2) is 0 Å². The average molecular weight is 201 g/mol. The van der Waals surface area contributed by atoms with Gasteiger partial charge in [0, 0.05) is 17.2 Å². The summed E-state index contributed by atoms with van der Waals surface area (Å²) in [6.45, 7) is 4.72. The van der Waals surface area contributed by atoms with Crippen molar-refractivity contribution in [3.63, 3.8) is 0 Å². The van der Waals surface area contributed by atoms with E-state index in [1.54, 1.807) is 0 Å². The van der Waals surface area contributed by atoms with Crippen molar-refractivity contribution >= 4 is 17.7 Å². The first kappa shape index (κ1) is 10.9. The molecule has 0 bridgehead atoms. The van der Waals surface area contributed by atoms with Crippen molar-refractivity contribution < 1.29 is 4.79 Å². The molecule has 1 aliphatic carbocycles. The number of thioether (sulfide) groups is 1. The van der Waals surface area contributed by atoms with Crippen LogP contribution in [0, 0.1) is 5.92 Å². The van der Waals surface area contributed by atoms with E-state index in [1.807, 2.05) is 25.6 Å². The maximum atomic E-state index is 11.3. The van der Waals surface area contributed by atoms with E-state index in [4.69, 9.17) is 0 Å². The molecule has 13 heavy (non-hydrogen) atoms. The number of hydrogen-bond acceptors (Lipinski definition) is 2. The Morgan fingerprint density at radius 3 is 2.46 bits per heavy atom. The van der Waals surface area contributed by atoms with Gasteiger partial charge in [0.05, 0.1) is 0 Å². The number of carbonyl (C=O) groups is 1. The number of hydrogen-bond donors (Lipinski definition) is 1. The first-order valence-electron chi connectivity index (χ1n) is 4.92. The highest BCUT2D eigenvalue weighted by molar-refractivity contribution is 8.00. The maximum Gasteiger partial charge on any atom is 0.222 e. The number of rotatable bonds is 4. The van der Waals surface area contributed by atoms with Crippen molar-refractivity contribution in [3.8, 4) is 0 Å². The van der Waals surface area contributed by atoms with Crippen LogP contribution >= 0.6 is 11.8 Å². The van der Waals surface area contributed by atoms with Crippen LogP contribution < -0.4 is 5.32 Å². The Morgan fingerprint density at radius 1 is 1.54 bits per heavy atom. The highest BCUT2D eigenvalue weighted by atomic mass is 32.2. The van der Waals surface area contributed by atoms with Crippen LogP contribution in [0.1, 0.15) is 33.1 Å². The predicted molar refractivity (Wildman–Crippen MR) is 57.9 cm³/mol. The average Bonchev–Trinajstić information content (AvgIpc) is 2.02. The summed E-state index contributed by atoms with van der Waals surface area (Å²) in [6, 6.07) is 0. The van der Waals surface area contributed by atoms with Gasteiger partial charge in [-0.15, -0.1) is 0 Å². The summed E-state index contributed by atoms with van der Waals surface area (Å²) >= 11 is 1.90. The normalized spacial score (nSPS) is 19.7. The molecule has 0 aromatic rings. The molecule has 0 aromatic carbocycles.